The zero-order chi connectivity index (χ0) is 32.1. The van der Waals surface area contributed by atoms with Crippen molar-refractivity contribution in [3.8, 4) is 5.75 Å². The van der Waals surface area contributed by atoms with Gasteiger partial charge in [-0.2, -0.15) is 0 Å². The molecule has 0 radical (unpaired) electrons. The van der Waals surface area contributed by atoms with Gasteiger partial charge in [0.1, 0.15) is 31.7 Å². The molecule has 5 rings (SSSR count). The van der Waals surface area contributed by atoms with E-state index in [9.17, 15) is 14.4 Å². The SMILES string of the molecule is CCC(C)(CC(C)(CC(C)(C)C(=O)OCCN(C)C)C(=O)OCCOc1ccccc1)C(=O)OC1C2CC3CC(C2)CC1C3. The number of carbonyl (C=O) groups excluding carboxylic acids is 3. The second kappa shape index (κ2) is 14.2. The van der Waals surface area contributed by atoms with Crippen LogP contribution < -0.4 is 4.74 Å². The van der Waals surface area contributed by atoms with Crippen molar-refractivity contribution in [1.29, 1.82) is 0 Å². The van der Waals surface area contributed by atoms with Crippen LogP contribution in [0.1, 0.15) is 86.0 Å². The lowest BCUT2D eigenvalue weighted by atomic mass is 9.55. The van der Waals surface area contributed by atoms with Gasteiger partial charge in [-0.15, -0.1) is 0 Å². The average molecular weight is 614 g/mol. The maximum absolute atomic E-state index is 14.0. The molecule has 4 bridgehead atoms. The highest BCUT2D eigenvalue weighted by Gasteiger charge is 2.53. The number of carbonyl (C=O) groups is 3. The third kappa shape index (κ3) is 8.35. The molecule has 0 aromatic heterocycles. The van der Waals surface area contributed by atoms with Gasteiger partial charge in [-0.05, 0) is 129 Å². The van der Waals surface area contributed by atoms with Gasteiger partial charge >= 0.3 is 17.9 Å². The number of likely N-dealkylation sites (N-methyl/N-ethyl adjacent to an activating group) is 1. The molecule has 1 aromatic carbocycles. The Hall–Kier alpha value is -2.61. The van der Waals surface area contributed by atoms with Gasteiger partial charge in [-0.25, -0.2) is 0 Å². The largest absolute Gasteiger partial charge is 0.490 e. The molecule has 4 aliphatic rings. The van der Waals surface area contributed by atoms with Crippen molar-refractivity contribution in [2.75, 3.05) is 40.5 Å². The Bertz CT molecular complexity index is 1110. The molecule has 8 heteroatoms. The van der Waals surface area contributed by atoms with Crippen molar-refractivity contribution in [2.45, 2.75) is 92.1 Å². The van der Waals surface area contributed by atoms with Gasteiger partial charge in [0.15, 0.2) is 0 Å². The van der Waals surface area contributed by atoms with Crippen molar-refractivity contribution in [1.82, 2.24) is 4.90 Å². The fourth-order valence-electron chi connectivity index (χ4n) is 8.29. The van der Waals surface area contributed by atoms with E-state index in [1.165, 1.54) is 6.42 Å². The molecule has 0 heterocycles. The second-order valence-corrected chi connectivity index (χ2v) is 15.2. The van der Waals surface area contributed by atoms with Gasteiger partial charge in [0.05, 0.1) is 16.2 Å². The molecule has 0 amide bonds. The van der Waals surface area contributed by atoms with Crippen LogP contribution in [0.25, 0.3) is 0 Å². The van der Waals surface area contributed by atoms with Gasteiger partial charge in [-0.1, -0.05) is 25.1 Å². The number of nitrogens with zero attached hydrogens (tertiary/aromatic N) is 1. The van der Waals surface area contributed by atoms with Gasteiger partial charge in [0.2, 0.25) is 0 Å². The Morgan fingerprint density at radius 3 is 1.91 bits per heavy atom. The smallest absolute Gasteiger partial charge is 0.312 e. The normalized spacial score (nSPS) is 26.9. The Morgan fingerprint density at radius 2 is 1.34 bits per heavy atom. The van der Waals surface area contributed by atoms with Crippen molar-refractivity contribution >= 4 is 17.9 Å². The first-order valence-corrected chi connectivity index (χ1v) is 16.6. The summed E-state index contributed by atoms with van der Waals surface area (Å²) in [7, 11) is 3.84. The number of hydrogen-bond donors (Lipinski definition) is 0. The van der Waals surface area contributed by atoms with Crippen molar-refractivity contribution in [3.05, 3.63) is 30.3 Å². The maximum Gasteiger partial charge on any atom is 0.312 e. The first kappa shape index (κ1) is 34.3. The Morgan fingerprint density at radius 1 is 0.750 bits per heavy atom. The highest BCUT2D eigenvalue weighted by atomic mass is 16.6. The van der Waals surface area contributed by atoms with E-state index in [0.717, 1.165) is 37.5 Å². The Labute approximate surface area is 264 Å². The maximum atomic E-state index is 14.0. The fourth-order valence-corrected chi connectivity index (χ4v) is 8.29. The fraction of sp³-hybridized carbons (Fsp3) is 0.750. The van der Waals surface area contributed by atoms with Crippen LogP contribution in [0.2, 0.25) is 0 Å². The monoisotopic (exact) mass is 613 g/mol. The van der Waals surface area contributed by atoms with E-state index >= 15 is 0 Å². The first-order valence-electron chi connectivity index (χ1n) is 16.6. The summed E-state index contributed by atoms with van der Waals surface area (Å²) in [5, 5.41) is 0. The number of rotatable bonds is 16. The molecule has 246 valence electrons. The number of para-hydroxylation sites is 1. The van der Waals surface area contributed by atoms with E-state index in [0.29, 0.717) is 30.6 Å². The number of benzene rings is 1. The zero-order valence-electron chi connectivity index (χ0n) is 28.1. The predicted octanol–water partition coefficient (Wildman–Crippen LogP) is 6.31. The lowest BCUT2D eigenvalue weighted by molar-refractivity contribution is -0.185. The minimum Gasteiger partial charge on any atom is -0.490 e. The van der Waals surface area contributed by atoms with Crippen LogP contribution in [0.15, 0.2) is 30.3 Å². The summed E-state index contributed by atoms with van der Waals surface area (Å²) in [4.78, 5) is 43.1. The summed E-state index contributed by atoms with van der Waals surface area (Å²) in [6, 6.07) is 9.36. The van der Waals surface area contributed by atoms with Crippen molar-refractivity contribution < 1.29 is 33.3 Å². The Kier molecular flexibility index (Phi) is 11.1. The van der Waals surface area contributed by atoms with Crippen LogP contribution in [0, 0.1) is 39.9 Å². The minimum absolute atomic E-state index is 0.0300. The average Bonchev–Trinajstić information content (AvgIpc) is 2.96. The molecule has 0 spiro atoms. The molecule has 44 heavy (non-hydrogen) atoms. The van der Waals surface area contributed by atoms with Crippen LogP contribution in [0.3, 0.4) is 0 Å². The van der Waals surface area contributed by atoms with E-state index in [1.54, 1.807) is 13.8 Å². The summed E-state index contributed by atoms with van der Waals surface area (Å²) in [6.45, 7) is 10.4. The van der Waals surface area contributed by atoms with Crippen LogP contribution in [0.4, 0.5) is 0 Å². The summed E-state index contributed by atoms with van der Waals surface area (Å²) in [6.07, 6.45) is 6.82. The molecule has 2 unspecified atom stereocenters. The second-order valence-electron chi connectivity index (χ2n) is 15.2. The molecule has 4 aliphatic carbocycles. The molecule has 4 saturated carbocycles. The van der Waals surface area contributed by atoms with Crippen LogP contribution >= 0.6 is 0 Å². The molecule has 8 nitrogen and oxygen atoms in total. The summed E-state index contributed by atoms with van der Waals surface area (Å²) in [5.41, 5.74) is -3.06. The molecule has 1 aromatic rings. The predicted molar refractivity (Wildman–Crippen MR) is 169 cm³/mol. The molecule has 0 saturated heterocycles. The Balaban J connectivity index is 1.47. The lowest BCUT2D eigenvalue weighted by Crippen LogP contribution is -2.52. The highest BCUT2D eigenvalue weighted by molar-refractivity contribution is 5.82. The number of esters is 3. The van der Waals surface area contributed by atoms with Gasteiger partial charge in [-0.3, -0.25) is 14.4 Å². The van der Waals surface area contributed by atoms with Crippen LogP contribution in [-0.4, -0.2) is 69.4 Å². The van der Waals surface area contributed by atoms with E-state index in [-0.39, 0.29) is 50.7 Å². The standard InChI is InChI=1S/C36H55NO7/c1-8-35(4,33(40)44-30-27-19-25-18-26(21-27)22-28(30)20-25)24-36(5,23-34(2,3)31(38)42-15-14-37(6)7)32(39)43-17-16-41-29-12-10-9-11-13-29/h9-13,25-28,30H,8,14-24H2,1-7H3. The van der Waals surface area contributed by atoms with Gasteiger partial charge in [0.25, 0.3) is 0 Å². The minimum atomic E-state index is -1.15. The number of ether oxygens (including phenoxy) is 4. The molecule has 0 aliphatic heterocycles. The first-order chi connectivity index (χ1) is 20.7. The van der Waals surface area contributed by atoms with E-state index in [2.05, 4.69) is 0 Å². The van der Waals surface area contributed by atoms with Crippen molar-refractivity contribution in [3.63, 3.8) is 0 Å². The zero-order valence-corrected chi connectivity index (χ0v) is 28.1. The van der Waals surface area contributed by atoms with Gasteiger partial charge in [0, 0.05) is 6.54 Å². The molecular weight excluding hydrogens is 558 g/mol. The van der Waals surface area contributed by atoms with Crippen LogP contribution in [-0.2, 0) is 28.6 Å². The van der Waals surface area contributed by atoms with Crippen LogP contribution in [0.5, 0.6) is 5.75 Å². The number of hydrogen-bond acceptors (Lipinski definition) is 8. The van der Waals surface area contributed by atoms with E-state index < -0.39 is 22.2 Å². The summed E-state index contributed by atoms with van der Waals surface area (Å²) < 4.78 is 23.5. The third-order valence-corrected chi connectivity index (χ3v) is 10.4. The van der Waals surface area contributed by atoms with E-state index in [1.807, 2.05) is 70.1 Å². The molecular formula is C36H55NO7. The topological polar surface area (TPSA) is 91.4 Å². The third-order valence-electron chi connectivity index (χ3n) is 10.4. The highest BCUT2D eigenvalue weighted by Crippen LogP contribution is 2.55. The quantitative estimate of drug-likeness (QED) is 0.122. The molecule has 0 N–H and O–H groups in total. The molecule has 2 atom stereocenters. The van der Waals surface area contributed by atoms with Gasteiger partial charge < -0.3 is 23.8 Å². The summed E-state index contributed by atoms with van der Waals surface area (Å²) >= 11 is 0. The summed E-state index contributed by atoms with van der Waals surface area (Å²) in [5.74, 6) is 2.10. The lowest BCUT2D eigenvalue weighted by Gasteiger charge is -2.54. The van der Waals surface area contributed by atoms with Crippen molar-refractivity contribution in [2.24, 2.45) is 39.9 Å². The van der Waals surface area contributed by atoms with E-state index in [4.69, 9.17) is 18.9 Å². The molecule has 4 fully saturated rings.